The molecule has 4 N–H and O–H groups in total. The van der Waals surface area contributed by atoms with Crippen molar-refractivity contribution >= 4 is 23.4 Å². The highest BCUT2D eigenvalue weighted by Crippen LogP contribution is 2.47. The summed E-state index contributed by atoms with van der Waals surface area (Å²) in [6.07, 6.45) is -1.69. The number of methoxy groups -OCH3 is 2. The number of carboxylic acids is 1. The lowest BCUT2D eigenvalue weighted by molar-refractivity contribution is -0.148. The normalized spacial score (nSPS) is 13.6. The van der Waals surface area contributed by atoms with E-state index in [4.69, 9.17) is 19.9 Å². The van der Waals surface area contributed by atoms with Crippen LogP contribution in [0.1, 0.15) is 12.5 Å². The second-order valence-corrected chi connectivity index (χ2v) is 8.65. The van der Waals surface area contributed by atoms with Crippen LogP contribution in [0.4, 0.5) is 5.69 Å². The summed E-state index contributed by atoms with van der Waals surface area (Å²) in [5.74, 6) is 1.13. The minimum atomic E-state index is -1.69. The molecular formula is C24H25NO6S. The van der Waals surface area contributed by atoms with Gasteiger partial charge in [-0.25, -0.2) is 4.79 Å². The zero-order valence-corrected chi connectivity index (χ0v) is 18.8. The van der Waals surface area contributed by atoms with Crippen LogP contribution in [0, 0.1) is 0 Å². The number of carbonyl (C=O) groups is 1. The number of carboxylic acid groups (broad SMARTS) is 1. The highest BCUT2D eigenvalue weighted by atomic mass is 32.2. The van der Waals surface area contributed by atoms with Crippen molar-refractivity contribution in [3.05, 3.63) is 72.3 Å². The Morgan fingerprint density at radius 1 is 0.906 bits per heavy atom. The SMILES string of the molecule is COc1ccc(Oc2ccc(N)c(SC(C)(c3ccc(OC)cc3)C(O)C(=O)O)c2)cc1. The second kappa shape index (κ2) is 9.84. The van der Waals surface area contributed by atoms with Crippen LogP contribution in [-0.2, 0) is 9.54 Å². The Hall–Kier alpha value is -3.36. The average molecular weight is 456 g/mol. The number of hydrogen-bond acceptors (Lipinski definition) is 7. The maximum Gasteiger partial charge on any atom is 0.334 e. The number of nitrogens with two attached hydrogens (primary N) is 1. The minimum Gasteiger partial charge on any atom is -0.497 e. The first kappa shape index (κ1) is 23.3. The van der Waals surface area contributed by atoms with Crippen molar-refractivity contribution in [2.45, 2.75) is 22.7 Å². The quantitative estimate of drug-likeness (QED) is 0.319. The Morgan fingerprint density at radius 2 is 1.41 bits per heavy atom. The maximum absolute atomic E-state index is 11.7. The van der Waals surface area contributed by atoms with Crippen LogP contribution in [0.5, 0.6) is 23.0 Å². The van der Waals surface area contributed by atoms with Gasteiger partial charge in [-0.1, -0.05) is 12.1 Å². The van der Waals surface area contributed by atoms with E-state index in [-0.39, 0.29) is 0 Å². The highest BCUT2D eigenvalue weighted by molar-refractivity contribution is 8.00. The number of aliphatic carboxylic acids is 1. The Morgan fingerprint density at radius 3 is 1.94 bits per heavy atom. The third-order valence-electron chi connectivity index (χ3n) is 5.02. The lowest BCUT2D eigenvalue weighted by Gasteiger charge is -2.32. The van der Waals surface area contributed by atoms with E-state index in [9.17, 15) is 15.0 Å². The van der Waals surface area contributed by atoms with Crippen molar-refractivity contribution in [1.82, 2.24) is 0 Å². The predicted octanol–water partition coefficient (Wildman–Crippen LogP) is 4.53. The van der Waals surface area contributed by atoms with E-state index < -0.39 is 16.8 Å². The third kappa shape index (κ3) is 5.09. The number of anilines is 1. The van der Waals surface area contributed by atoms with Crippen molar-refractivity contribution < 1.29 is 29.2 Å². The van der Waals surface area contributed by atoms with E-state index in [2.05, 4.69) is 0 Å². The molecule has 3 aromatic carbocycles. The first-order chi connectivity index (χ1) is 15.3. The summed E-state index contributed by atoms with van der Waals surface area (Å²) in [4.78, 5) is 12.3. The Balaban J connectivity index is 1.94. The molecule has 0 aliphatic heterocycles. The fraction of sp³-hybridized carbons (Fsp3) is 0.208. The van der Waals surface area contributed by atoms with E-state index in [1.54, 1.807) is 87.9 Å². The van der Waals surface area contributed by atoms with Crippen LogP contribution in [0.15, 0.2) is 71.6 Å². The van der Waals surface area contributed by atoms with Crippen LogP contribution < -0.4 is 19.9 Å². The summed E-state index contributed by atoms with van der Waals surface area (Å²) in [5.41, 5.74) is 7.24. The van der Waals surface area contributed by atoms with E-state index in [1.165, 1.54) is 0 Å². The number of thioether (sulfide) groups is 1. The number of rotatable bonds is 9. The molecule has 0 radical (unpaired) electrons. The lowest BCUT2D eigenvalue weighted by atomic mass is 9.94. The van der Waals surface area contributed by atoms with Gasteiger partial charge in [0.15, 0.2) is 6.10 Å². The van der Waals surface area contributed by atoms with E-state index in [0.29, 0.717) is 39.1 Å². The first-order valence-corrected chi connectivity index (χ1v) is 10.5. The molecule has 3 aromatic rings. The largest absolute Gasteiger partial charge is 0.497 e. The molecule has 0 aliphatic rings. The molecule has 0 saturated carbocycles. The van der Waals surface area contributed by atoms with Crippen LogP contribution in [0.2, 0.25) is 0 Å². The lowest BCUT2D eigenvalue weighted by Crippen LogP contribution is -2.39. The molecule has 0 aromatic heterocycles. The second-order valence-electron chi connectivity index (χ2n) is 7.16. The predicted molar refractivity (Wildman–Crippen MR) is 124 cm³/mol. The van der Waals surface area contributed by atoms with Gasteiger partial charge in [0.05, 0.1) is 19.0 Å². The maximum atomic E-state index is 11.7. The fourth-order valence-electron chi connectivity index (χ4n) is 3.11. The summed E-state index contributed by atoms with van der Waals surface area (Å²) in [6.45, 7) is 1.66. The highest BCUT2D eigenvalue weighted by Gasteiger charge is 2.41. The number of hydrogen-bond donors (Lipinski definition) is 3. The smallest absolute Gasteiger partial charge is 0.334 e. The first-order valence-electron chi connectivity index (χ1n) is 9.72. The number of aliphatic hydroxyl groups is 1. The van der Waals surface area contributed by atoms with Crippen molar-refractivity contribution in [2.24, 2.45) is 0 Å². The summed E-state index contributed by atoms with van der Waals surface area (Å²) in [7, 11) is 3.13. The molecule has 0 spiro atoms. The van der Waals surface area contributed by atoms with Gasteiger partial charge in [0.25, 0.3) is 0 Å². The number of nitrogen functional groups attached to an aromatic ring is 1. The average Bonchev–Trinajstić information content (AvgIpc) is 2.81. The molecular weight excluding hydrogens is 430 g/mol. The topological polar surface area (TPSA) is 111 Å². The van der Waals surface area contributed by atoms with Crippen LogP contribution in [0.3, 0.4) is 0 Å². The molecule has 0 aliphatic carbocycles. The molecule has 0 fully saturated rings. The van der Waals surface area contributed by atoms with Crippen LogP contribution in [-0.4, -0.2) is 36.5 Å². The summed E-state index contributed by atoms with van der Waals surface area (Å²) in [6, 6.07) is 19.1. The van der Waals surface area contributed by atoms with Crippen molar-refractivity contribution in [3.8, 4) is 23.0 Å². The van der Waals surface area contributed by atoms with Crippen LogP contribution >= 0.6 is 11.8 Å². The van der Waals surface area contributed by atoms with Gasteiger partial charge in [0.1, 0.15) is 23.0 Å². The molecule has 32 heavy (non-hydrogen) atoms. The van der Waals surface area contributed by atoms with Gasteiger partial charge in [-0.2, -0.15) is 0 Å². The molecule has 0 amide bonds. The molecule has 7 nitrogen and oxygen atoms in total. The molecule has 8 heteroatoms. The van der Waals surface area contributed by atoms with Gasteiger partial charge in [0.2, 0.25) is 0 Å². The summed E-state index contributed by atoms with van der Waals surface area (Å²) >= 11 is 1.15. The van der Waals surface area contributed by atoms with Gasteiger partial charge >= 0.3 is 5.97 Å². The zero-order valence-electron chi connectivity index (χ0n) is 17.9. The number of aliphatic hydroxyl groups excluding tert-OH is 1. The summed E-state index contributed by atoms with van der Waals surface area (Å²) in [5, 5.41) is 20.2. The summed E-state index contributed by atoms with van der Waals surface area (Å²) < 4.78 is 15.0. The fourth-order valence-corrected chi connectivity index (χ4v) is 4.39. The minimum absolute atomic E-state index is 0.439. The van der Waals surface area contributed by atoms with Gasteiger partial charge in [-0.3, -0.25) is 0 Å². The monoisotopic (exact) mass is 455 g/mol. The molecule has 2 unspecified atom stereocenters. The third-order valence-corrected chi connectivity index (χ3v) is 6.48. The van der Waals surface area contributed by atoms with Crippen molar-refractivity contribution in [3.63, 3.8) is 0 Å². The van der Waals surface area contributed by atoms with Crippen molar-refractivity contribution in [2.75, 3.05) is 20.0 Å². The van der Waals surface area contributed by atoms with Gasteiger partial charge in [-0.05, 0) is 67.1 Å². The Kier molecular flexibility index (Phi) is 7.17. The van der Waals surface area contributed by atoms with E-state index in [1.807, 2.05) is 0 Å². The van der Waals surface area contributed by atoms with Crippen molar-refractivity contribution in [1.29, 1.82) is 0 Å². The molecule has 3 rings (SSSR count). The molecule has 168 valence electrons. The van der Waals surface area contributed by atoms with E-state index in [0.717, 1.165) is 11.8 Å². The van der Waals surface area contributed by atoms with Gasteiger partial charge in [-0.15, -0.1) is 11.8 Å². The number of benzene rings is 3. The Labute approximate surface area is 190 Å². The molecule has 0 heterocycles. The Bertz CT molecular complexity index is 1070. The molecule has 0 saturated heterocycles. The van der Waals surface area contributed by atoms with Gasteiger partial charge in [0, 0.05) is 10.6 Å². The number of ether oxygens (including phenoxy) is 3. The van der Waals surface area contributed by atoms with Crippen LogP contribution in [0.25, 0.3) is 0 Å². The standard InChI is InChI=1S/C24H25NO6S/c1-24(22(26)23(27)28,15-4-6-16(29-2)7-5-15)32-21-14-19(12-13-20(21)25)31-18-10-8-17(30-3)9-11-18/h4-14,22,26H,25H2,1-3H3,(H,27,28). The van der Waals surface area contributed by atoms with E-state index >= 15 is 0 Å². The molecule has 0 bridgehead atoms. The van der Waals surface area contributed by atoms with Gasteiger partial charge < -0.3 is 30.2 Å². The molecule has 2 atom stereocenters. The zero-order chi connectivity index (χ0) is 23.3.